The van der Waals surface area contributed by atoms with Gasteiger partial charge in [-0.3, -0.25) is 0 Å². The molecule has 0 aliphatic carbocycles. The third-order valence-electron chi connectivity index (χ3n) is 2.02. The van der Waals surface area contributed by atoms with Crippen molar-refractivity contribution >= 4 is 0 Å². The van der Waals surface area contributed by atoms with Crippen LogP contribution >= 0.6 is 0 Å². The van der Waals surface area contributed by atoms with Crippen LogP contribution in [0.25, 0.3) is 0 Å². The van der Waals surface area contributed by atoms with Crippen molar-refractivity contribution in [2.45, 2.75) is 43.9 Å². The Morgan fingerprint density at radius 1 is 0.833 bits per heavy atom. The van der Waals surface area contributed by atoms with Crippen LogP contribution < -0.4 is 0 Å². The van der Waals surface area contributed by atoms with Crippen LogP contribution in [-0.2, 0) is 4.74 Å². The van der Waals surface area contributed by atoms with E-state index >= 15 is 0 Å². The van der Waals surface area contributed by atoms with Crippen LogP contribution in [0.2, 0.25) is 0 Å². The third kappa shape index (κ3) is 2.52. The van der Waals surface area contributed by atoms with Crippen molar-refractivity contribution in [2.24, 2.45) is 0 Å². The molecule has 0 aromatic rings. The highest BCUT2D eigenvalue weighted by Gasteiger charge is 2.82. The predicted molar refractivity (Wildman–Crippen MR) is 41.4 cm³/mol. The van der Waals surface area contributed by atoms with Crippen molar-refractivity contribution in [3.8, 4) is 0 Å². The van der Waals surface area contributed by atoms with Crippen molar-refractivity contribution in [3.63, 3.8) is 0 Å². The van der Waals surface area contributed by atoms with Crippen LogP contribution in [0.15, 0.2) is 0 Å². The Labute approximate surface area is 95.9 Å². The molecular weight excluding hydrogens is 283 g/mol. The fourth-order valence-electron chi connectivity index (χ4n) is 0.932. The van der Waals surface area contributed by atoms with Gasteiger partial charge in [0.25, 0.3) is 0 Å². The van der Waals surface area contributed by atoms with Crippen LogP contribution in [0.1, 0.15) is 13.8 Å². The Morgan fingerprint density at radius 2 is 1.22 bits per heavy atom. The maximum atomic E-state index is 12.9. The first-order valence-electron chi connectivity index (χ1n) is 4.37. The molecule has 109 valence electrons. The summed E-state index contributed by atoms with van der Waals surface area (Å²) in [7, 11) is 0. The van der Waals surface area contributed by atoms with E-state index in [1.807, 2.05) is 0 Å². The summed E-state index contributed by atoms with van der Waals surface area (Å²) < 4.78 is 115. The van der Waals surface area contributed by atoms with Gasteiger partial charge in [0.15, 0.2) is 0 Å². The smallest absolute Gasteiger partial charge is 0.366 e. The number of alkyl halides is 9. The lowest BCUT2D eigenvalue weighted by Crippen LogP contribution is -2.64. The van der Waals surface area contributed by atoms with E-state index in [1.54, 1.807) is 0 Å². The van der Waals surface area contributed by atoms with Crippen LogP contribution in [0.3, 0.4) is 0 Å². The number of halogens is 9. The molecule has 0 aromatic carbocycles. The highest BCUT2D eigenvalue weighted by Crippen LogP contribution is 2.54. The summed E-state index contributed by atoms with van der Waals surface area (Å²) in [5, 5.41) is 0. The minimum Gasteiger partial charge on any atom is -0.366 e. The summed E-state index contributed by atoms with van der Waals surface area (Å²) in [5.74, 6) is -19.2. The van der Waals surface area contributed by atoms with Crippen LogP contribution in [0.4, 0.5) is 39.5 Å². The predicted octanol–water partition coefficient (Wildman–Crippen LogP) is 4.04. The molecule has 18 heavy (non-hydrogen) atoms. The number of hydrogen-bond donors (Lipinski definition) is 0. The molecule has 0 amide bonds. The second kappa shape index (κ2) is 4.78. The van der Waals surface area contributed by atoms with E-state index in [9.17, 15) is 39.5 Å². The molecule has 0 saturated carbocycles. The molecule has 1 unspecified atom stereocenters. The van der Waals surface area contributed by atoms with Gasteiger partial charge in [0.1, 0.15) is 6.10 Å². The van der Waals surface area contributed by atoms with Gasteiger partial charge in [-0.05, 0) is 13.8 Å². The van der Waals surface area contributed by atoms with Gasteiger partial charge in [0.05, 0.1) is 6.61 Å². The lowest BCUT2D eigenvalue weighted by molar-refractivity contribution is -0.405. The highest BCUT2D eigenvalue weighted by atomic mass is 19.4. The van der Waals surface area contributed by atoms with E-state index in [0.29, 0.717) is 6.61 Å². The van der Waals surface area contributed by atoms with Gasteiger partial charge in [-0.15, -0.1) is 0 Å². The van der Waals surface area contributed by atoms with E-state index in [0.717, 1.165) is 6.92 Å². The molecule has 0 rings (SSSR count). The maximum absolute atomic E-state index is 12.9. The molecule has 0 aromatic heterocycles. The van der Waals surface area contributed by atoms with Gasteiger partial charge in [0, 0.05) is 0 Å². The topological polar surface area (TPSA) is 9.23 Å². The molecule has 0 N–H and O–H groups in total. The van der Waals surface area contributed by atoms with E-state index in [4.69, 9.17) is 0 Å². The Bertz CT molecular complexity index is 283. The fraction of sp³-hybridized carbons (Fsp3) is 0.875. The molecular formula is C8H8F9O. The molecule has 1 nitrogen and oxygen atoms in total. The molecule has 0 saturated heterocycles. The maximum Gasteiger partial charge on any atom is 0.460 e. The Balaban J connectivity index is 5.49. The second-order valence-electron chi connectivity index (χ2n) is 3.28. The number of rotatable bonds is 5. The van der Waals surface area contributed by atoms with Crippen molar-refractivity contribution in [1.82, 2.24) is 0 Å². The molecule has 0 bridgehead atoms. The standard InChI is InChI=1S/C8H8F9O/c1-3-18-4(2)5(9,10)6(11,12)7(13,14)8(15,16)17/h3-4H,1-2H3. The van der Waals surface area contributed by atoms with Crippen molar-refractivity contribution < 1.29 is 44.3 Å². The molecule has 0 fully saturated rings. The Hall–Kier alpha value is -0.670. The summed E-state index contributed by atoms with van der Waals surface area (Å²) in [4.78, 5) is 0. The number of hydrogen-bond acceptors (Lipinski definition) is 1. The second-order valence-corrected chi connectivity index (χ2v) is 3.28. The summed E-state index contributed by atoms with van der Waals surface area (Å²) in [5.41, 5.74) is 0. The van der Waals surface area contributed by atoms with E-state index < -0.39 is 30.0 Å². The first-order valence-corrected chi connectivity index (χ1v) is 4.37. The van der Waals surface area contributed by atoms with Gasteiger partial charge in [0.2, 0.25) is 0 Å². The minimum atomic E-state index is -6.88. The first-order chi connectivity index (χ1) is 7.73. The quantitative estimate of drug-likeness (QED) is 0.695. The third-order valence-corrected chi connectivity index (χ3v) is 2.02. The normalized spacial score (nSPS) is 16.8. The van der Waals surface area contributed by atoms with Gasteiger partial charge in [-0.1, -0.05) is 0 Å². The molecule has 1 radical (unpaired) electrons. The van der Waals surface area contributed by atoms with Crippen LogP contribution in [0.5, 0.6) is 0 Å². The molecule has 1 atom stereocenters. The largest absolute Gasteiger partial charge is 0.460 e. The monoisotopic (exact) mass is 291 g/mol. The lowest BCUT2D eigenvalue weighted by Gasteiger charge is -2.36. The molecule has 0 aliphatic rings. The molecule has 0 aliphatic heterocycles. The van der Waals surface area contributed by atoms with Crippen molar-refractivity contribution in [2.75, 3.05) is 0 Å². The summed E-state index contributed by atoms with van der Waals surface area (Å²) >= 11 is 0. The van der Waals surface area contributed by atoms with E-state index in [-0.39, 0.29) is 6.92 Å². The Kier molecular flexibility index (Phi) is 4.60. The summed E-state index contributed by atoms with van der Waals surface area (Å²) in [6, 6.07) is 0. The van der Waals surface area contributed by atoms with Gasteiger partial charge in [-0.25, -0.2) is 0 Å². The van der Waals surface area contributed by atoms with E-state index in [1.165, 1.54) is 0 Å². The first kappa shape index (κ1) is 17.3. The summed E-state index contributed by atoms with van der Waals surface area (Å²) in [6.07, 6.45) is -9.67. The molecule has 0 heterocycles. The van der Waals surface area contributed by atoms with Crippen LogP contribution in [-0.4, -0.2) is 30.0 Å². The lowest BCUT2D eigenvalue weighted by atomic mass is 10.00. The zero-order valence-electron chi connectivity index (χ0n) is 8.96. The highest BCUT2D eigenvalue weighted by molar-refractivity contribution is 5.02. The fourth-order valence-corrected chi connectivity index (χ4v) is 0.932. The van der Waals surface area contributed by atoms with Gasteiger partial charge < -0.3 is 4.74 Å². The zero-order chi connectivity index (χ0) is 15.0. The van der Waals surface area contributed by atoms with E-state index in [2.05, 4.69) is 4.74 Å². The summed E-state index contributed by atoms with van der Waals surface area (Å²) in [6.45, 7) is 1.69. The van der Waals surface area contributed by atoms with Gasteiger partial charge in [-0.2, -0.15) is 39.5 Å². The van der Waals surface area contributed by atoms with Crippen molar-refractivity contribution in [1.29, 1.82) is 0 Å². The average molecular weight is 291 g/mol. The van der Waals surface area contributed by atoms with Crippen LogP contribution in [0, 0.1) is 6.61 Å². The van der Waals surface area contributed by atoms with Crippen molar-refractivity contribution in [3.05, 3.63) is 6.61 Å². The Morgan fingerprint density at radius 3 is 1.50 bits per heavy atom. The SMILES string of the molecule is C[CH]OC(C)C(F)(F)C(F)(F)C(F)(F)C(F)(F)F. The number of ether oxygens (including phenoxy) is 1. The van der Waals surface area contributed by atoms with Gasteiger partial charge >= 0.3 is 23.9 Å². The molecule has 0 spiro atoms. The minimum absolute atomic E-state index is 0.250. The zero-order valence-corrected chi connectivity index (χ0v) is 8.96. The average Bonchev–Trinajstić information content (AvgIpc) is 2.15. The molecule has 10 heteroatoms.